The van der Waals surface area contributed by atoms with Crippen LogP contribution in [0.3, 0.4) is 0 Å². The summed E-state index contributed by atoms with van der Waals surface area (Å²) < 4.78 is 27.4. The Morgan fingerprint density at radius 3 is 2.50 bits per heavy atom. The molecule has 3 fully saturated rings. The van der Waals surface area contributed by atoms with Crippen LogP contribution in [0.25, 0.3) is 11.3 Å². The molecule has 210 valence electrons. The Labute approximate surface area is 231 Å². The Balaban J connectivity index is 1.31. The number of nitrogens with zero attached hydrogens (tertiary/aromatic N) is 4. The van der Waals surface area contributed by atoms with Gasteiger partial charge in [-0.1, -0.05) is 18.1 Å². The normalized spacial score (nSPS) is 21.3. The van der Waals surface area contributed by atoms with Crippen molar-refractivity contribution in [2.75, 3.05) is 10.6 Å². The lowest BCUT2D eigenvalue weighted by Crippen LogP contribution is -2.62. The second-order valence-electron chi connectivity index (χ2n) is 12.6. The standard InChI is InChI=1S/C29H33FN6O4/c1-16(2)36-25(33-26(38)39-27(3,4)5)19(12-31)24(34-36)18-8-7-17(9-20(18)30)10-22(37)32-23-11-21(35-40-23)29-13-28(6,14-29)15-29/h7-9,11,16H,10,13-15H2,1-6H3,(H,32,37)(H,33,38). The molecule has 0 saturated heterocycles. The van der Waals surface area contributed by atoms with Crippen molar-refractivity contribution in [3.63, 3.8) is 0 Å². The van der Waals surface area contributed by atoms with Gasteiger partial charge in [-0.15, -0.1) is 0 Å². The SMILES string of the molecule is CC(C)n1nc(-c2ccc(CC(=O)Nc3cc(C45CC(C)(C4)C5)no3)cc2F)c(C#N)c1NC(=O)OC(C)(C)C. The average molecular weight is 549 g/mol. The van der Waals surface area contributed by atoms with Crippen molar-refractivity contribution in [3.8, 4) is 17.3 Å². The number of nitrogens with one attached hydrogen (secondary N) is 2. The van der Waals surface area contributed by atoms with E-state index < -0.39 is 17.5 Å². The van der Waals surface area contributed by atoms with Gasteiger partial charge in [0.05, 0.1) is 12.1 Å². The minimum Gasteiger partial charge on any atom is -0.444 e. The average Bonchev–Trinajstić information content (AvgIpc) is 3.39. The van der Waals surface area contributed by atoms with Gasteiger partial charge in [0.15, 0.2) is 5.82 Å². The van der Waals surface area contributed by atoms with Crippen LogP contribution in [0, 0.1) is 22.6 Å². The third-order valence-corrected chi connectivity index (χ3v) is 7.40. The zero-order chi connectivity index (χ0) is 29.0. The molecule has 3 saturated carbocycles. The maximum Gasteiger partial charge on any atom is 0.413 e. The number of hydrogen-bond donors (Lipinski definition) is 2. The van der Waals surface area contributed by atoms with E-state index in [0.717, 1.165) is 25.0 Å². The van der Waals surface area contributed by atoms with Crippen molar-refractivity contribution in [2.45, 2.75) is 84.3 Å². The van der Waals surface area contributed by atoms with Crippen LogP contribution in [0.1, 0.15) is 83.7 Å². The van der Waals surface area contributed by atoms with Gasteiger partial charge in [0, 0.05) is 23.1 Å². The Hall–Kier alpha value is -4.20. The summed E-state index contributed by atoms with van der Waals surface area (Å²) in [6.45, 7) is 11.1. The predicted octanol–water partition coefficient (Wildman–Crippen LogP) is 6.10. The van der Waals surface area contributed by atoms with Crippen LogP contribution in [0.15, 0.2) is 28.8 Å². The molecule has 2 aromatic heterocycles. The molecule has 3 aliphatic carbocycles. The van der Waals surface area contributed by atoms with E-state index in [9.17, 15) is 14.9 Å². The van der Waals surface area contributed by atoms with Gasteiger partial charge >= 0.3 is 6.09 Å². The topological polar surface area (TPSA) is 135 Å². The van der Waals surface area contributed by atoms with Crippen molar-refractivity contribution in [2.24, 2.45) is 5.41 Å². The molecule has 0 aliphatic heterocycles. The van der Waals surface area contributed by atoms with E-state index in [4.69, 9.17) is 9.26 Å². The molecule has 0 unspecified atom stereocenters. The van der Waals surface area contributed by atoms with Gasteiger partial charge in [-0.2, -0.15) is 10.4 Å². The van der Waals surface area contributed by atoms with Crippen molar-refractivity contribution >= 4 is 23.7 Å². The van der Waals surface area contributed by atoms with Gasteiger partial charge in [-0.25, -0.2) is 13.9 Å². The second-order valence-corrected chi connectivity index (χ2v) is 12.6. The fourth-order valence-corrected chi connectivity index (χ4v) is 6.00. The van der Waals surface area contributed by atoms with E-state index >= 15 is 4.39 Å². The van der Waals surface area contributed by atoms with E-state index in [0.29, 0.717) is 11.0 Å². The first-order chi connectivity index (χ1) is 18.7. The molecular weight excluding hydrogens is 515 g/mol. The zero-order valence-electron chi connectivity index (χ0n) is 23.5. The molecule has 2 N–H and O–H groups in total. The van der Waals surface area contributed by atoms with E-state index in [1.165, 1.54) is 16.8 Å². The van der Waals surface area contributed by atoms with Crippen LogP contribution < -0.4 is 10.6 Å². The number of carbonyl (C=O) groups excluding carboxylic acids is 2. The molecular formula is C29H33FN6O4. The van der Waals surface area contributed by atoms with E-state index in [2.05, 4.69) is 27.8 Å². The summed E-state index contributed by atoms with van der Waals surface area (Å²) in [6.07, 6.45) is 2.43. The quantitative estimate of drug-likeness (QED) is 0.364. The molecule has 0 radical (unpaired) electrons. The third-order valence-electron chi connectivity index (χ3n) is 7.40. The summed E-state index contributed by atoms with van der Waals surface area (Å²) in [6, 6.07) is 7.87. The number of hydrogen-bond acceptors (Lipinski definition) is 7. The number of carbonyl (C=O) groups is 2. The molecule has 2 heterocycles. The number of nitriles is 1. The number of amides is 2. The van der Waals surface area contributed by atoms with Crippen molar-refractivity contribution in [1.82, 2.24) is 14.9 Å². The molecule has 2 amide bonds. The summed E-state index contributed by atoms with van der Waals surface area (Å²) in [7, 11) is 0. The number of halogens is 1. The van der Waals surface area contributed by atoms with Crippen LogP contribution >= 0.6 is 0 Å². The van der Waals surface area contributed by atoms with E-state index in [-0.39, 0.29) is 52.3 Å². The number of anilines is 2. The fourth-order valence-electron chi connectivity index (χ4n) is 6.00. The van der Waals surface area contributed by atoms with Gasteiger partial charge in [0.25, 0.3) is 0 Å². The van der Waals surface area contributed by atoms with Crippen molar-refractivity contribution < 1.29 is 23.2 Å². The lowest BCUT2D eigenvalue weighted by Gasteiger charge is -2.68. The molecule has 40 heavy (non-hydrogen) atoms. The van der Waals surface area contributed by atoms with E-state index in [1.807, 2.05) is 19.9 Å². The fraction of sp³-hybridized carbons (Fsp3) is 0.483. The number of benzene rings is 1. The minimum absolute atomic E-state index is 0.00258. The lowest BCUT2D eigenvalue weighted by atomic mass is 9.35. The van der Waals surface area contributed by atoms with Crippen LogP contribution in [-0.2, 0) is 21.4 Å². The van der Waals surface area contributed by atoms with Crippen LogP contribution in [-0.4, -0.2) is 32.5 Å². The molecule has 1 aromatic carbocycles. The highest BCUT2D eigenvalue weighted by molar-refractivity contribution is 5.91. The first-order valence-electron chi connectivity index (χ1n) is 13.3. The van der Waals surface area contributed by atoms with Gasteiger partial charge in [-0.05, 0) is 77.0 Å². The monoisotopic (exact) mass is 548 g/mol. The summed E-state index contributed by atoms with van der Waals surface area (Å²) in [5, 5.41) is 23.8. The number of ether oxygens (including phenoxy) is 1. The molecule has 6 rings (SSSR count). The Bertz CT molecular complexity index is 1520. The Kier molecular flexibility index (Phi) is 6.48. The first kappa shape index (κ1) is 27.4. The highest BCUT2D eigenvalue weighted by Crippen LogP contribution is 2.73. The van der Waals surface area contributed by atoms with Crippen LogP contribution in [0.4, 0.5) is 20.9 Å². The molecule has 3 aromatic rings. The Morgan fingerprint density at radius 1 is 1.23 bits per heavy atom. The zero-order valence-corrected chi connectivity index (χ0v) is 23.5. The summed E-state index contributed by atoms with van der Waals surface area (Å²) in [4.78, 5) is 25.1. The Morgan fingerprint density at radius 2 is 1.93 bits per heavy atom. The molecule has 11 heteroatoms. The van der Waals surface area contributed by atoms with E-state index in [1.54, 1.807) is 32.9 Å². The number of aromatic nitrogens is 3. The van der Waals surface area contributed by atoms with Crippen LogP contribution in [0.5, 0.6) is 0 Å². The summed E-state index contributed by atoms with van der Waals surface area (Å²) >= 11 is 0. The molecule has 3 aliphatic rings. The van der Waals surface area contributed by atoms with Crippen molar-refractivity contribution in [3.05, 3.63) is 46.9 Å². The minimum atomic E-state index is -0.753. The first-order valence-corrected chi connectivity index (χ1v) is 13.3. The molecule has 2 bridgehead atoms. The molecule has 10 nitrogen and oxygen atoms in total. The molecule has 0 spiro atoms. The predicted molar refractivity (Wildman–Crippen MR) is 145 cm³/mol. The molecule has 0 atom stereocenters. The van der Waals surface area contributed by atoms with Gasteiger partial charge < -0.3 is 9.26 Å². The second kappa shape index (κ2) is 9.47. The maximum absolute atomic E-state index is 15.3. The van der Waals surface area contributed by atoms with Crippen molar-refractivity contribution in [1.29, 1.82) is 5.26 Å². The largest absolute Gasteiger partial charge is 0.444 e. The highest BCUT2D eigenvalue weighted by atomic mass is 19.1. The summed E-state index contributed by atoms with van der Waals surface area (Å²) in [5.41, 5.74) is 1.22. The van der Waals surface area contributed by atoms with Gasteiger partial charge in [0.2, 0.25) is 11.8 Å². The van der Waals surface area contributed by atoms with Gasteiger partial charge in [-0.3, -0.25) is 15.4 Å². The maximum atomic E-state index is 15.3. The lowest BCUT2D eigenvalue weighted by molar-refractivity contribution is -0.129. The summed E-state index contributed by atoms with van der Waals surface area (Å²) in [5.74, 6) is -0.637. The smallest absolute Gasteiger partial charge is 0.413 e. The highest BCUT2D eigenvalue weighted by Gasteiger charge is 2.66. The van der Waals surface area contributed by atoms with Gasteiger partial charge in [0.1, 0.15) is 28.7 Å². The number of rotatable bonds is 7. The third kappa shape index (κ3) is 5.06. The van der Waals surface area contributed by atoms with Crippen LogP contribution in [0.2, 0.25) is 0 Å².